The molecule has 2 aromatic rings. The topological polar surface area (TPSA) is 50.9 Å². The minimum atomic E-state index is 0.439. The maximum absolute atomic E-state index is 4.70. The van der Waals surface area contributed by atoms with Gasteiger partial charge in [0.2, 0.25) is 0 Å². The minimum absolute atomic E-state index is 0.439. The van der Waals surface area contributed by atoms with Gasteiger partial charge in [0.25, 0.3) is 0 Å². The number of nitrogens with one attached hydrogen (secondary N) is 1. The number of piperidine rings is 1. The first-order valence-corrected chi connectivity index (χ1v) is 9.93. The summed E-state index contributed by atoms with van der Waals surface area (Å²) in [5, 5.41) is 8.43. The van der Waals surface area contributed by atoms with Crippen LogP contribution in [0.5, 0.6) is 0 Å². The van der Waals surface area contributed by atoms with E-state index in [9.17, 15) is 0 Å². The van der Waals surface area contributed by atoms with Gasteiger partial charge in [-0.1, -0.05) is 6.92 Å². The highest BCUT2D eigenvalue weighted by atomic mass is 15.3. The molecule has 0 saturated carbocycles. The summed E-state index contributed by atoms with van der Waals surface area (Å²) in [4.78, 5) is 6.83. The van der Waals surface area contributed by atoms with Crippen molar-refractivity contribution in [2.24, 2.45) is 13.0 Å². The van der Waals surface area contributed by atoms with Gasteiger partial charge in [-0.25, -0.2) is 4.98 Å². The Morgan fingerprint density at radius 1 is 1.27 bits per heavy atom. The molecule has 2 aromatic heterocycles. The van der Waals surface area contributed by atoms with Gasteiger partial charge in [-0.2, -0.15) is 5.10 Å². The van der Waals surface area contributed by atoms with Gasteiger partial charge in [-0.3, -0.25) is 9.58 Å². The van der Waals surface area contributed by atoms with Crippen LogP contribution in [0.3, 0.4) is 0 Å². The molecule has 144 valence electrons. The van der Waals surface area contributed by atoms with E-state index in [4.69, 9.17) is 5.10 Å². The molecule has 0 spiro atoms. The molecule has 1 N–H and O–H groups in total. The zero-order chi connectivity index (χ0) is 18.7. The first-order chi connectivity index (χ1) is 12.5. The van der Waals surface area contributed by atoms with Crippen LogP contribution in [-0.4, -0.2) is 44.4 Å². The standard InChI is InChI=1S/C20H34N6/c1-6-9-26-16(3)18(15(2)23-26)12-21-11-17-8-7-10-24(4)20(17)19-13-22-14-25(19)5/h13-14,17,20-21H,6-12H2,1-5H3/t17-,20+/m0/s1. The molecule has 1 aliphatic heterocycles. The van der Waals surface area contributed by atoms with Gasteiger partial charge < -0.3 is 9.88 Å². The molecule has 3 rings (SSSR count). The van der Waals surface area contributed by atoms with Crippen molar-refractivity contribution in [1.82, 2.24) is 29.5 Å². The molecular formula is C20H34N6. The average molecular weight is 359 g/mol. The molecule has 3 heterocycles. The maximum atomic E-state index is 4.70. The number of rotatable bonds is 7. The molecule has 6 heteroatoms. The molecule has 1 fully saturated rings. The lowest BCUT2D eigenvalue weighted by molar-refractivity contribution is 0.113. The van der Waals surface area contributed by atoms with E-state index in [1.807, 2.05) is 12.5 Å². The number of likely N-dealkylation sites (tertiary alicyclic amines) is 1. The highest BCUT2D eigenvalue weighted by molar-refractivity contribution is 5.24. The van der Waals surface area contributed by atoms with Crippen molar-refractivity contribution in [3.05, 3.63) is 35.2 Å². The second kappa shape index (κ2) is 8.35. The summed E-state index contributed by atoms with van der Waals surface area (Å²) in [6, 6.07) is 0.439. The summed E-state index contributed by atoms with van der Waals surface area (Å²) in [6.07, 6.45) is 7.60. The predicted molar refractivity (Wildman–Crippen MR) is 105 cm³/mol. The minimum Gasteiger partial charge on any atom is -0.336 e. The number of imidazole rings is 1. The van der Waals surface area contributed by atoms with Crippen molar-refractivity contribution in [2.45, 2.75) is 59.2 Å². The number of aromatic nitrogens is 4. The molecule has 0 aromatic carbocycles. The number of hydrogen-bond donors (Lipinski definition) is 1. The maximum Gasteiger partial charge on any atom is 0.0946 e. The molecule has 0 amide bonds. The fourth-order valence-corrected chi connectivity index (χ4v) is 4.40. The van der Waals surface area contributed by atoms with Crippen molar-refractivity contribution in [3.63, 3.8) is 0 Å². The monoisotopic (exact) mass is 358 g/mol. The third-order valence-corrected chi connectivity index (χ3v) is 5.84. The third-order valence-electron chi connectivity index (χ3n) is 5.84. The Labute approximate surface area is 157 Å². The van der Waals surface area contributed by atoms with Crippen LogP contribution in [-0.2, 0) is 20.1 Å². The Hall–Kier alpha value is -1.66. The predicted octanol–water partition coefficient (Wildman–Crippen LogP) is 2.82. The lowest BCUT2D eigenvalue weighted by atomic mass is 9.87. The lowest BCUT2D eigenvalue weighted by Crippen LogP contribution is -2.41. The number of aryl methyl sites for hydroxylation is 3. The summed E-state index contributed by atoms with van der Waals surface area (Å²) in [5.41, 5.74) is 5.15. The molecule has 1 saturated heterocycles. The number of nitrogens with zero attached hydrogens (tertiary/aromatic N) is 5. The van der Waals surface area contributed by atoms with Gasteiger partial charge in [-0.15, -0.1) is 0 Å². The van der Waals surface area contributed by atoms with E-state index in [1.54, 1.807) is 0 Å². The van der Waals surface area contributed by atoms with E-state index in [0.717, 1.165) is 38.3 Å². The molecule has 2 atom stereocenters. The Balaban J connectivity index is 1.66. The fraction of sp³-hybridized carbons (Fsp3) is 0.700. The van der Waals surface area contributed by atoms with Gasteiger partial charge in [0.1, 0.15) is 0 Å². The smallest absolute Gasteiger partial charge is 0.0946 e. The molecule has 26 heavy (non-hydrogen) atoms. The normalized spacial score (nSPS) is 21.4. The van der Waals surface area contributed by atoms with Crippen LogP contribution in [0, 0.1) is 19.8 Å². The quantitative estimate of drug-likeness (QED) is 0.827. The van der Waals surface area contributed by atoms with E-state index in [2.05, 4.69) is 59.3 Å². The van der Waals surface area contributed by atoms with Crippen LogP contribution in [0.25, 0.3) is 0 Å². The van der Waals surface area contributed by atoms with E-state index >= 15 is 0 Å². The van der Waals surface area contributed by atoms with E-state index in [1.165, 1.54) is 29.8 Å². The highest BCUT2D eigenvalue weighted by Crippen LogP contribution is 2.34. The number of hydrogen-bond acceptors (Lipinski definition) is 4. The molecule has 0 aliphatic carbocycles. The van der Waals surface area contributed by atoms with Crippen LogP contribution in [0.15, 0.2) is 12.5 Å². The van der Waals surface area contributed by atoms with Crippen LogP contribution >= 0.6 is 0 Å². The molecule has 0 bridgehead atoms. The van der Waals surface area contributed by atoms with E-state index in [0.29, 0.717) is 12.0 Å². The van der Waals surface area contributed by atoms with Crippen molar-refractivity contribution >= 4 is 0 Å². The summed E-state index contributed by atoms with van der Waals surface area (Å²) in [5.74, 6) is 0.607. The largest absolute Gasteiger partial charge is 0.336 e. The summed E-state index contributed by atoms with van der Waals surface area (Å²) >= 11 is 0. The Kier molecular flexibility index (Phi) is 6.14. The second-order valence-corrected chi connectivity index (χ2v) is 7.76. The van der Waals surface area contributed by atoms with Crippen LogP contribution in [0.2, 0.25) is 0 Å². The van der Waals surface area contributed by atoms with Gasteiger partial charge in [0.15, 0.2) is 0 Å². The highest BCUT2D eigenvalue weighted by Gasteiger charge is 2.32. The van der Waals surface area contributed by atoms with E-state index < -0.39 is 0 Å². The summed E-state index contributed by atoms with van der Waals surface area (Å²) in [6.45, 7) is 10.6. The van der Waals surface area contributed by atoms with Crippen molar-refractivity contribution in [3.8, 4) is 0 Å². The van der Waals surface area contributed by atoms with Crippen molar-refractivity contribution in [2.75, 3.05) is 20.1 Å². The van der Waals surface area contributed by atoms with Crippen LogP contribution in [0.1, 0.15) is 54.9 Å². The zero-order valence-electron chi connectivity index (χ0n) is 17.0. The summed E-state index contributed by atoms with van der Waals surface area (Å²) < 4.78 is 4.32. The van der Waals surface area contributed by atoms with Gasteiger partial charge in [0.05, 0.1) is 23.8 Å². The third kappa shape index (κ3) is 3.86. The first kappa shape index (κ1) is 19.1. The van der Waals surface area contributed by atoms with Gasteiger partial charge >= 0.3 is 0 Å². The Bertz CT molecular complexity index is 716. The van der Waals surface area contributed by atoms with Gasteiger partial charge in [-0.05, 0) is 52.6 Å². The second-order valence-electron chi connectivity index (χ2n) is 7.76. The molecule has 6 nitrogen and oxygen atoms in total. The Morgan fingerprint density at radius 3 is 2.77 bits per heavy atom. The first-order valence-electron chi connectivity index (χ1n) is 9.93. The molecular weight excluding hydrogens is 324 g/mol. The lowest BCUT2D eigenvalue weighted by Gasteiger charge is -2.39. The molecule has 0 radical (unpaired) electrons. The molecule has 0 unspecified atom stereocenters. The van der Waals surface area contributed by atoms with Crippen LogP contribution in [0.4, 0.5) is 0 Å². The van der Waals surface area contributed by atoms with Gasteiger partial charge in [0, 0.05) is 44.1 Å². The Morgan fingerprint density at radius 2 is 2.08 bits per heavy atom. The summed E-state index contributed by atoms with van der Waals surface area (Å²) in [7, 11) is 4.34. The fourth-order valence-electron chi connectivity index (χ4n) is 4.40. The van der Waals surface area contributed by atoms with E-state index in [-0.39, 0.29) is 0 Å². The SMILES string of the molecule is CCCn1nc(C)c(CNC[C@@H]2CCCN(C)[C@H]2c2cncn2C)c1C. The average Bonchev–Trinajstić information content (AvgIpc) is 3.13. The van der Waals surface area contributed by atoms with Crippen molar-refractivity contribution < 1.29 is 0 Å². The van der Waals surface area contributed by atoms with Crippen LogP contribution < -0.4 is 5.32 Å². The zero-order valence-corrected chi connectivity index (χ0v) is 17.0. The van der Waals surface area contributed by atoms with Crippen molar-refractivity contribution in [1.29, 1.82) is 0 Å². The molecule has 1 aliphatic rings.